The highest BCUT2D eigenvalue weighted by Gasteiger charge is 2.21. The predicted octanol–water partition coefficient (Wildman–Crippen LogP) is 5.85. The zero-order valence-corrected chi connectivity index (χ0v) is 15.3. The average Bonchev–Trinajstić information content (AvgIpc) is 2.36. The monoisotopic (exact) mass is 339 g/mol. The fourth-order valence-corrected chi connectivity index (χ4v) is 7.51. The minimum absolute atomic E-state index is 1.02. The van der Waals surface area contributed by atoms with Gasteiger partial charge in [-0.15, -0.1) is 58.8 Å². The summed E-state index contributed by atoms with van der Waals surface area (Å²) in [4.78, 5) is 7.62. The standard InChI is InChI=1S/C11H15S6/c1-13-7-6(12)8(14-2)10(16-4)11(17-5)9(7)15-3/h1-5H3. The quantitative estimate of drug-likeness (QED) is 0.615. The first-order chi connectivity index (χ1) is 8.15. The van der Waals surface area contributed by atoms with Gasteiger partial charge in [-0.1, -0.05) is 12.6 Å². The molecule has 1 rings (SSSR count). The predicted molar refractivity (Wildman–Crippen MR) is 91.2 cm³/mol. The van der Waals surface area contributed by atoms with E-state index in [1.807, 2.05) is 11.8 Å². The van der Waals surface area contributed by atoms with E-state index in [0.717, 1.165) is 4.90 Å². The van der Waals surface area contributed by atoms with E-state index in [2.05, 4.69) is 31.3 Å². The van der Waals surface area contributed by atoms with Crippen LogP contribution in [0.1, 0.15) is 0 Å². The number of hydrogen-bond acceptors (Lipinski definition) is 5. The molecule has 0 spiro atoms. The zero-order valence-electron chi connectivity index (χ0n) is 10.4. The van der Waals surface area contributed by atoms with Crippen molar-refractivity contribution in [2.45, 2.75) is 29.4 Å². The Kier molecular flexibility index (Phi) is 7.36. The highest BCUT2D eigenvalue weighted by Crippen LogP contribution is 2.49. The Balaban J connectivity index is 3.66. The van der Waals surface area contributed by atoms with E-state index in [1.165, 1.54) is 24.5 Å². The van der Waals surface area contributed by atoms with E-state index in [9.17, 15) is 0 Å². The molecule has 0 saturated heterocycles. The summed E-state index contributed by atoms with van der Waals surface area (Å²) >= 11 is 14.6. The van der Waals surface area contributed by atoms with Gasteiger partial charge in [0, 0.05) is 24.5 Å². The second kappa shape index (κ2) is 7.70. The molecule has 0 heterocycles. The smallest absolute Gasteiger partial charge is 0.0672 e. The Hall–Kier alpha value is 1.19. The summed E-state index contributed by atoms with van der Waals surface area (Å²) in [5, 5.41) is 0. The highest BCUT2D eigenvalue weighted by molar-refractivity contribution is 8.05. The van der Waals surface area contributed by atoms with Gasteiger partial charge >= 0.3 is 0 Å². The number of rotatable bonds is 5. The van der Waals surface area contributed by atoms with E-state index in [4.69, 9.17) is 12.6 Å². The molecular weight excluding hydrogens is 325 g/mol. The third kappa shape index (κ3) is 3.20. The van der Waals surface area contributed by atoms with E-state index in [1.54, 1.807) is 47.0 Å². The lowest BCUT2D eigenvalue weighted by Gasteiger charge is -2.19. The Bertz CT molecular complexity index is 368. The molecule has 6 heteroatoms. The molecule has 0 amide bonds. The van der Waals surface area contributed by atoms with Gasteiger partial charge in [-0.25, -0.2) is 0 Å². The van der Waals surface area contributed by atoms with Gasteiger partial charge in [-0.3, -0.25) is 0 Å². The fraction of sp³-hybridized carbons (Fsp3) is 0.455. The van der Waals surface area contributed by atoms with Crippen LogP contribution < -0.4 is 0 Å². The van der Waals surface area contributed by atoms with Crippen molar-refractivity contribution in [3.63, 3.8) is 0 Å². The average molecular weight is 340 g/mol. The first kappa shape index (κ1) is 16.2. The highest BCUT2D eigenvalue weighted by atomic mass is 32.2. The molecule has 0 aliphatic carbocycles. The van der Waals surface area contributed by atoms with Crippen molar-refractivity contribution in [1.29, 1.82) is 0 Å². The summed E-state index contributed by atoms with van der Waals surface area (Å²) < 4.78 is 0. The normalized spacial score (nSPS) is 10.9. The number of thioether (sulfide) groups is 5. The molecule has 0 aromatic heterocycles. The summed E-state index contributed by atoms with van der Waals surface area (Å²) in [5.41, 5.74) is 0. The lowest BCUT2D eigenvalue weighted by molar-refractivity contribution is 0.882. The van der Waals surface area contributed by atoms with Gasteiger partial charge in [-0.05, 0) is 31.3 Å². The van der Waals surface area contributed by atoms with Gasteiger partial charge in [0.05, 0.1) is 4.90 Å². The van der Waals surface area contributed by atoms with Crippen molar-refractivity contribution < 1.29 is 0 Å². The van der Waals surface area contributed by atoms with Gasteiger partial charge in [-0.2, -0.15) is 0 Å². The molecule has 17 heavy (non-hydrogen) atoms. The molecule has 0 atom stereocenters. The van der Waals surface area contributed by atoms with Gasteiger partial charge in [0.1, 0.15) is 0 Å². The van der Waals surface area contributed by atoms with Crippen molar-refractivity contribution >= 4 is 71.4 Å². The maximum absolute atomic E-state index is 5.63. The molecule has 1 aromatic carbocycles. The molecule has 0 bridgehead atoms. The zero-order chi connectivity index (χ0) is 13.0. The Labute approximate surface area is 131 Å². The third-order valence-corrected chi connectivity index (χ3v) is 7.52. The van der Waals surface area contributed by atoms with Crippen LogP contribution >= 0.6 is 71.4 Å². The van der Waals surface area contributed by atoms with E-state index in [-0.39, 0.29) is 0 Å². The van der Waals surface area contributed by atoms with Crippen LogP contribution in [0.4, 0.5) is 0 Å². The lowest BCUT2D eigenvalue weighted by atomic mass is 10.3. The first-order valence-electron chi connectivity index (χ1n) is 4.77. The minimum Gasteiger partial charge on any atom is -0.127 e. The molecule has 1 radical (unpaired) electrons. The van der Waals surface area contributed by atoms with Crippen molar-refractivity contribution in [1.82, 2.24) is 0 Å². The van der Waals surface area contributed by atoms with E-state index < -0.39 is 0 Å². The number of hydrogen-bond donors (Lipinski definition) is 0. The van der Waals surface area contributed by atoms with Gasteiger partial charge in [0.2, 0.25) is 0 Å². The van der Waals surface area contributed by atoms with Gasteiger partial charge in [0.15, 0.2) is 0 Å². The van der Waals surface area contributed by atoms with Crippen molar-refractivity contribution in [3.8, 4) is 0 Å². The molecule has 0 aliphatic heterocycles. The van der Waals surface area contributed by atoms with Crippen LogP contribution in [0.15, 0.2) is 29.4 Å². The molecule has 1 aromatic rings. The van der Waals surface area contributed by atoms with E-state index >= 15 is 0 Å². The summed E-state index contributed by atoms with van der Waals surface area (Å²) in [6.45, 7) is 0. The van der Waals surface area contributed by atoms with Crippen LogP contribution in [0, 0.1) is 0 Å². The summed E-state index contributed by atoms with van der Waals surface area (Å²) in [6.07, 6.45) is 10.6. The maximum Gasteiger partial charge on any atom is 0.0672 e. The van der Waals surface area contributed by atoms with Gasteiger partial charge in [0.25, 0.3) is 0 Å². The van der Waals surface area contributed by atoms with E-state index in [0.29, 0.717) is 0 Å². The molecule has 0 fully saturated rings. The second-order valence-electron chi connectivity index (χ2n) is 3.00. The SMILES string of the molecule is CSc1c([S])c(SC)c(SC)c(SC)c1SC. The van der Waals surface area contributed by atoms with Gasteiger partial charge < -0.3 is 0 Å². The molecule has 0 unspecified atom stereocenters. The molecule has 0 nitrogen and oxygen atoms in total. The minimum atomic E-state index is 1.02. The van der Waals surface area contributed by atoms with Crippen LogP contribution in [-0.2, 0) is 0 Å². The molecule has 95 valence electrons. The molecular formula is C11H15S6. The van der Waals surface area contributed by atoms with Crippen molar-refractivity contribution in [2.75, 3.05) is 31.3 Å². The van der Waals surface area contributed by atoms with Crippen LogP contribution in [0.5, 0.6) is 0 Å². The van der Waals surface area contributed by atoms with Crippen LogP contribution in [0.3, 0.4) is 0 Å². The molecule has 0 N–H and O–H groups in total. The van der Waals surface area contributed by atoms with Crippen molar-refractivity contribution in [2.24, 2.45) is 0 Å². The lowest BCUT2D eigenvalue weighted by Crippen LogP contribution is -1.93. The topological polar surface area (TPSA) is 0 Å². The van der Waals surface area contributed by atoms with Crippen molar-refractivity contribution in [3.05, 3.63) is 0 Å². The van der Waals surface area contributed by atoms with Crippen LogP contribution in [0.2, 0.25) is 0 Å². The summed E-state index contributed by atoms with van der Waals surface area (Å²) in [6, 6.07) is 0. The first-order valence-corrected chi connectivity index (χ1v) is 11.3. The molecule has 0 aliphatic rings. The van der Waals surface area contributed by atoms with Crippen LogP contribution in [0.25, 0.3) is 0 Å². The largest absolute Gasteiger partial charge is 0.127 e. The summed E-state index contributed by atoms with van der Waals surface area (Å²) in [5.74, 6) is 0. The Morgan fingerprint density at radius 3 is 1.00 bits per heavy atom. The number of benzene rings is 1. The third-order valence-electron chi connectivity index (χ3n) is 2.26. The Morgan fingerprint density at radius 2 is 0.765 bits per heavy atom. The maximum atomic E-state index is 5.63. The van der Waals surface area contributed by atoms with Crippen LogP contribution in [-0.4, -0.2) is 31.3 Å². The molecule has 0 saturated carbocycles. The second-order valence-corrected chi connectivity index (χ2v) is 7.49. The fourth-order valence-electron chi connectivity index (χ4n) is 1.55. The summed E-state index contributed by atoms with van der Waals surface area (Å²) in [7, 11) is 0. The Morgan fingerprint density at radius 1 is 0.529 bits per heavy atom.